The highest BCUT2D eigenvalue weighted by molar-refractivity contribution is 7.89. The van der Waals surface area contributed by atoms with Gasteiger partial charge in [0.15, 0.2) is 0 Å². The van der Waals surface area contributed by atoms with Crippen molar-refractivity contribution in [1.82, 2.24) is 14.2 Å². The normalized spacial score (nSPS) is 12.2. The molecule has 1 heterocycles. The number of nitrogens with one attached hydrogen (secondary N) is 1. The zero-order valence-electron chi connectivity index (χ0n) is 13.7. The second-order valence-electron chi connectivity index (χ2n) is 5.08. The van der Waals surface area contributed by atoms with Gasteiger partial charge in [-0.2, -0.15) is 4.31 Å². The summed E-state index contributed by atoms with van der Waals surface area (Å²) in [6.07, 6.45) is 3.65. The number of unbranched alkanes of at least 4 members (excludes halogenated alkanes) is 1. The summed E-state index contributed by atoms with van der Waals surface area (Å²) in [7, 11) is -3.38. The zero-order chi connectivity index (χ0) is 15.9. The topological polar surface area (TPSA) is 54.3 Å². The standard InChI is InChI=1S/C15H29N3O2S/c1-5-9-10-18(8-4)21(19,20)15-11-14(12-16-6-2)17(7-3)13-15/h11,13,16H,5-10,12H2,1-4H3. The Labute approximate surface area is 129 Å². The fourth-order valence-corrected chi connectivity index (χ4v) is 3.85. The average Bonchev–Trinajstić information content (AvgIpc) is 2.89. The summed E-state index contributed by atoms with van der Waals surface area (Å²) < 4.78 is 29.0. The zero-order valence-corrected chi connectivity index (χ0v) is 14.5. The molecule has 0 unspecified atom stereocenters. The minimum absolute atomic E-state index is 0.412. The van der Waals surface area contributed by atoms with Crippen molar-refractivity contribution in [1.29, 1.82) is 0 Å². The molecule has 1 aromatic heterocycles. The van der Waals surface area contributed by atoms with E-state index in [4.69, 9.17) is 0 Å². The number of hydrogen-bond acceptors (Lipinski definition) is 3. The van der Waals surface area contributed by atoms with E-state index in [1.807, 2.05) is 25.3 Å². The molecule has 0 atom stereocenters. The van der Waals surface area contributed by atoms with Crippen molar-refractivity contribution in [3.8, 4) is 0 Å². The maximum absolute atomic E-state index is 12.7. The van der Waals surface area contributed by atoms with E-state index in [9.17, 15) is 8.42 Å². The molecule has 0 fully saturated rings. The van der Waals surface area contributed by atoms with Crippen LogP contribution in [0.4, 0.5) is 0 Å². The average molecular weight is 315 g/mol. The third-order valence-electron chi connectivity index (χ3n) is 3.61. The molecule has 0 amide bonds. The molecule has 0 saturated heterocycles. The van der Waals surface area contributed by atoms with Crippen LogP contribution >= 0.6 is 0 Å². The lowest BCUT2D eigenvalue weighted by Crippen LogP contribution is -2.31. The molecule has 1 N–H and O–H groups in total. The quantitative estimate of drug-likeness (QED) is 0.721. The molecule has 0 aliphatic heterocycles. The van der Waals surface area contributed by atoms with Crippen molar-refractivity contribution in [2.24, 2.45) is 0 Å². The molecule has 1 aromatic rings. The Morgan fingerprint density at radius 1 is 1.24 bits per heavy atom. The van der Waals surface area contributed by atoms with Gasteiger partial charge in [0.2, 0.25) is 10.0 Å². The first-order valence-corrected chi connectivity index (χ1v) is 9.35. The van der Waals surface area contributed by atoms with E-state index in [0.717, 1.165) is 31.6 Å². The summed E-state index contributed by atoms with van der Waals surface area (Å²) in [4.78, 5) is 0.412. The summed E-state index contributed by atoms with van der Waals surface area (Å²) in [6, 6.07) is 1.80. The van der Waals surface area contributed by atoms with Crippen molar-refractivity contribution >= 4 is 10.0 Å². The van der Waals surface area contributed by atoms with Crippen molar-refractivity contribution in [3.63, 3.8) is 0 Å². The van der Waals surface area contributed by atoms with E-state index in [-0.39, 0.29) is 0 Å². The van der Waals surface area contributed by atoms with Crippen LogP contribution < -0.4 is 5.32 Å². The number of sulfonamides is 1. The smallest absolute Gasteiger partial charge is 0.244 e. The molecule has 0 radical (unpaired) electrons. The minimum Gasteiger partial charge on any atom is -0.349 e. The molecule has 0 spiro atoms. The largest absolute Gasteiger partial charge is 0.349 e. The van der Waals surface area contributed by atoms with Crippen molar-refractivity contribution < 1.29 is 8.42 Å². The van der Waals surface area contributed by atoms with Gasteiger partial charge in [-0.3, -0.25) is 0 Å². The van der Waals surface area contributed by atoms with Crippen LogP contribution in [-0.2, 0) is 23.1 Å². The third-order valence-corrected chi connectivity index (χ3v) is 5.55. The number of rotatable bonds is 10. The highest BCUT2D eigenvalue weighted by Crippen LogP contribution is 2.19. The summed E-state index contributed by atoms with van der Waals surface area (Å²) in [6.45, 7) is 11.5. The molecule has 5 nitrogen and oxygen atoms in total. The second-order valence-corrected chi connectivity index (χ2v) is 7.02. The number of aromatic nitrogens is 1. The van der Waals surface area contributed by atoms with E-state index >= 15 is 0 Å². The molecule has 0 bridgehead atoms. The SMILES string of the molecule is CCCCN(CC)S(=O)(=O)c1cc(CNCC)n(CC)c1. The van der Waals surface area contributed by atoms with Crippen molar-refractivity contribution in [3.05, 3.63) is 18.0 Å². The van der Waals surface area contributed by atoms with Crippen molar-refractivity contribution in [2.45, 2.75) is 58.5 Å². The summed E-state index contributed by atoms with van der Waals surface area (Å²) >= 11 is 0. The number of aryl methyl sites for hydroxylation is 1. The Kier molecular flexibility index (Phi) is 7.42. The first kappa shape index (κ1) is 18.2. The molecule has 0 aliphatic rings. The highest BCUT2D eigenvalue weighted by atomic mass is 32.2. The van der Waals surface area contributed by atoms with E-state index in [1.54, 1.807) is 16.6 Å². The van der Waals surface area contributed by atoms with Gasteiger partial charge in [0.05, 0.1) is 0 Å². The number of nitrogens with zero attached hydrogens (tertiary/aromatic N) is 2. The fourth-order valence-electron chi connectivity index (χ4n) is 2.29. The molecular formula is C15H29N3O2S. The molecule has 21 heavy (non-hydrogen) atoms. The molecule has 1 rings (SSSR count). The molecule has 122 valence electrons. The Morgan fingerprint density at radius 3 is 2.48 bits per heavy atom. The van der Waals surface area contributed by atoms with Crippen LogP contribution in [0.15, 0.2) is 17.2 Å². The van der Waals surface area contributed by atoms with E-state index < -0.39 is 10.0 Å². The van der Waals surface area contributed by atoms with Gasteiger partial charge >= 0.3 is 0 Å². The maximum Gasteiger partial charge on any atom is 0.244 e. The Balaban J connectivity index is 3.03. The van der Waals surface area contributed by atoms with Crippen LogP contribution in [0, 0.1) is 0 Å². The maximum atomic E-state index is 12.7. The van der Waals surface area contributed by atoms with Crippen LogP contribution in [0.3, 0.4) is 0 Å². The third kappa shape index (κ3) is 4.56. The first-order valence-electron chi connectivity index (χ1n) is 7.91. The summed E-state index contributed by atoms with van der Waals surface area (Å²) in [5.41, 5.74) is 1.02. The molecule has 0 aliphatic carbocycles. The van der Waals surface area contributed by atoms with Gasteiger partial charge in [-0.05, 0) is 26.0 Å². The van der Waals surface area contributed by atoms with Gasteiger partial charge in [-0.1, -0.05) is 27.2 Å². The van der Waals surface area contributed by atoms with E-state index in [2.05, 4.69) is 12.2 Å². The predicted molar refractivity (Wildman–Crippen MR) is 86.8 cm³/mol. The molecule has 0 saturated carbocycles. The van der Waals surface area contributed by atoms with Gasteiger partial charge < -0.3 is 9.88 Å². The van der Waals surface area contributed by atoms with Gasteiger partial charge in [0.1, 0.15) is 4.90 Å². The fraction of sp³-hybridized carbons (Fsp3) is 0.733. The lowest BCUT2D eigenvalue weighted by Gasteiger charge is -2.19. The van der Waals surface area contributed by atoms with Crippen LogP contribution in [-0.4, -0.2) is 36.9 Å². The predicted octanol–water partition coefficient (Wildman–Crippen LogP) is 2.43. The van der Waals surface area contributed by atoms with Gasteiger partial charge in [0, 0.05) is 38.1 Å². The van der Waals surface area contributed by atoms with E-state index in [0.29, 0.717) is 24.5 Å². The van der Waals surface area contributed by atoms with Crippen molar-refractivity contribution in [2.75, 3.05) is 19.6 Å². The van der Waals surface area contributed by atoms with Gasteiger partial charge in [0.25, 0.3) is 0 Å². The Bertz CT molecular complexity index is 523. The Morgan fingerprint density at radius 2 is 1.95 bits per heavy atom. The second kappa shape index (κ2) is 8.56. The monoisotopic (exact) mass is 315 g/mol. The lowest BCUT2D eigenvalue weighted by atomic mass is 10.3. The highest BCUT2D eigenvalue weighted by Gasteiger charge is 2.24. The summed E-state index contributed by atoms with van der Waals surface area (Å²) in [5, 5.41) is 3.25. The van der Waals surface area contributed by atoms with Gasteiger partial charge in [-0.15, -0.1) is 0 Å². The lowest BCUT2D eigenvalue weighted by molar-refractivity contribution is 0.419. The molecule has 0 aromatic carbocycles. The minimum atomic E-state index is -3.38. The first-order chi connectivity index (χ1) is 10.0. The summed E-state index contributed by atoms with van der Waals surface area (Å²) in [5.74, 6) is 0. The molecular weight excluding hydrogens is 286 g/mol. The van der Waals surface area contributed by atoms with Crippen LogP contribution in [0.25, 0.3) is 0 Å². The van der Waals surface area contributed by atoms with Crippen LogP contribution in [0.1, 0.15) is 46.2 Å². The van der Waals surface area contributed by atoms with Gasteiger partial charge in [-0.25, -0.2) is 8.42 Å². The van der Waals surface area contributed by atoms with E-state index in [1.165, 1.54) is 0 Å². The Hall–Kier alpha value is -0.850. The van der Waals surface area contributed by atoms with Crippen LogP contribution in [0.2, 0.25) is 0 Å². The number of hydrogen-bond donors (Lipinski definition) is 1. The van der Waals surface area contributed by atoms with Crippen LogP contribution in [0.5, 0.6) is 0 Å². The molecule has 6 heteroatoms.